The Morgan fingerprint density at radius 2 is 0.808 bits per heavy atom. The Bertz CT molecular complexity index is 1300. The molecular formula is C26H18. The third-order valence-electron chi connectivity index (χ3n) is 5.70. The Labute approximate surface area is 152 Å². The normalized spacial score (nSPS) is 14.9. The van der Waals surface area contributed by atoms with E-state index in [-0.39, 0.29) is 0 Å². The monoisotopic (exact) mass is 330 g/mol. The summed E-state index contributed by atoms with van der Waals surface area (Å²) in [5, 5.41) is 10.7. The predicted octanol–water partition coefficient (Wildman–Crippen LogP) is 5.54. The van der Waals surface area contributed by atoms with E-state index in [0.29, 0.717) is 0 Å². The van der Waals surface area contributed by atoms with Gasteiger partial charge in [-0.05, 0) is 115 Å². The molecule has 122 valence electrons. The first-order valence-electron chi connectivity index (χ1n) is 9.32. The summed E-state index contributed by atoms with van der Waals surface area (Å²) in [7, 11) is 0. The highest BCUT2D eigenvalue weighted by atomic mass is 14.1. The minimum atomic E-state index is 1.03. The Morgan fingerprint density at radius 1 is 0.423 bits per heavy atom. The van der Waals surface area contributed by atoms with E-state index in [2.05, 4.69) is 85.0 Å². The number of rotatable bonds is 0. The van der Waals surface area contributed by atoms with Crippen LogP contribution in [0.3, 0.4) is 0 Å². The van der Waals surface area contributed by atoms with Gasteiger partial charge in [-0.3, -0.25) is 0 Å². The highest BCUT2D eigenvalue weighted by molar-refractivity contribution is 6.05. The highest BCUT2D eigenvalue weighted by Crippen LogP contribution is 2.28. The summed E-state index contributed by atoms with van der Waals surface area (Å²) in [4.78, 5) is 0. The summed E-state index contributed by atoms with van der Waals surface area (Å²) in [5.41, 5.74) is 2.67. The zero-order chi connectivity index (χ0) is 17.1. The molecule has 0 amide bonds. The largest absolute Gasteiger partial charge is 0.0801 e. The summed E-state index contributed by atoms with van der Waals surface area (Å²) in [5.74, 6) is 0. The second-order valence-corrected chi connectivity index (χ2v) is 7.39. The van der Waals surface area contributed by atoms with Gasteiger partial charge in [-0.2, -0.15) is 0 Å². The fourth-order valence-electron chi connectivity index (χ4n) is 4.35. The van der Waals surface area contributed by atoms with Crippen molar-refractivity contribution in [3.63, 3.8) is 0 Å². The van der Waals surface area contributed by atoms with E-state index in [9.17, 15) is 0 Å². The van der Waals surface area contributed by atoms with E-state index in [0.717, 1.165) is 12.8 Å². The van der Waals surface area contributed by atoms with Crippen molar-refractivity contribution in [1.29, 1.82) is 0 Å². The molecule has 2 aliphatic rings. The zero-order valence-corrected chi connectivity index (χ0v) is 14.5. The topological polar surface area (TPSA) is 0 Å². The van der Waals surface area contributed by atoms with Gasteiger partial charge in [0.1, 0.15) is 0 Å². The maximum Gasteiger partial charge on any atom is -0.0157 e. The lowest BCUT2D eigenvalue weighted by Gasteiger charge is -2.10. The van der Waals surface area contributed by atoms with Gasteiger partial charge in [0.15, 0.2) is 0 Å². The van der Waals surface area contributed by atoms with Crippen LogP contribution in [-0.4, -0.2) is 0 Å². The van der Waals surface area contributed by atoms with Crippen molar-refractivity contribution in [3.8, 4) is 0 Å². The molecule has 0 nitrogen and oxygen atoms in total. The SMILES string of the molecule is C1=Cc2cc3cc4cc5cc6c(cc5cc4cc3cc2=CC1)C=CCC=6. The molecule has 2 aliphatic carbocycles. The first kappa shape index (κ1) is 14.1. The maximum absolute atomic E-state index is 2.35. The second kappa shape index (κ2) is 5.19. The van der Waals surface area contributed by atoms with E-state index in [1.165, 1.54) is 53.9 Å². The highest BCUT2D eigenvalue weighted by Gasteiger charge is 2.06. The van der Waals surface area contributed by atoms with E-state index in [1.54, 1.807) is 0 Å². The van der Waals surface area contributed by atoms with Crippen LogP contribution < -0.4 is 10.4 Å². The molecule has 0 aromatic heterocycles. The molecule has 0 aliphatic heterocycles. The van der Waals surface area contributed by atoms with E-state index in [1.807, 2.05) is 0 Å². The molecule has 0 heterocycles. The zero-order valence-electron chi connectivity index (χ0n) is 14.5. The van der Waals surface area contributed by atoms with Gasteiger partial charge in [0, 0.05) is 0 Å². The number of hydrogen-bond donors (Lipinski definition) is 0. The number of hydrogen-bond acceptors (Lipinski definition) is 0. The van der Waals surface area contributed by atoms with Crippen molar-refractivity contribution in [1.82, 2.24) is 0 Å². The van der Waals surface area contributed by atoms with Crippen molar-refractivity contribution in [2.45, 2.75) is 12.8 Å². The van der Waals surface area contributed by atoms with E-state index in [4.69, 9.17) is 0 Å². The van der Waals surface area contributed by atoms with Crippen molar-refractivity contribution in [2.75, 3.05) is 0 Å². The van der Waals surface area contributed by atoms with E-state index >= 15 is 0 Å². The van der Waals surface area contributed by atoms with Gasteiger partial charge in [-0.15, -0.1) is 0 Å². The Hall–Kier alpha value is -3.12. The summed E-state index contributed by atoms with van der Waals surface area (Å²) in [6.45, 7) is 0. The molecule has 0 radical (unpaired) electrons. The molecule has 0 saturated heterocycles. The van der Waals surface area contributed by atoms with Gasteiger partial charge in [0.2, 0.25) is 0 Å². The van der Waals surface area contributed by atoms with Crippen molar-refractivity contribution < 1.29 is 0 Å². The van der Waals surface area contributed by atoms with Gasteiger partial charge in [-0.25, -0.2) is 0 Å². The Kier molecular flexibility index (Phi) is 2.81. The van der Waals surface area contributed by atoms with Gasteiger partial charge < -0.3 is 0 Å². The van der Waals surface area contributed by atoms with Crippen LogP contribution in [0.15, 0.2) is 60.7 Å². The molecule has 0 saturated carbocycles. The molecule has 0 spiro atoms. The molecule has 0 heteroatoms. The van der Waals surface area contributed by atoms with Crippen LogP contribution in [0, 0.1) is 0 Å². The molecule has 4 aromatic carbocycles. The average Bonchev–Trinajstić information content (AvgIpc) is 2.67. The fraction of sp³-hybridized carbons (Fsp3) is 0.0769. The molecule has 6 rings (SSSR count). The second-order valence-electron chi connectivity index (χ2n) is 7.39. The van der Waals surface area contributed by atoms with Gasteiger partial charge in [-0.1, -0.05) is 36.5 Å². The molecule has 0 atom stereocenters. The molecule has 26 heavy (non-hydrogen) atoms. The number of allylic oxidation sites excluding steroid dienone is 2. The Morgan fingerprint density at radius 3 is 1.27 bits per heavy atom. The number of benzene rings is 4. The van der Waals surface area contributed by atoms with Crippen LogP contribution in [0.1, 0.15) is 24.0 Å². The molecule has 0 fully saturated rings. The quantitative estimate of drug-likeness (QED) is 0.371. The summed E-state index contributed by atoms with van der Waals surface area (Å²) < 4.78 is 0. The maximum atomic E-state index is 2.35. The summed E-state index contributed by atoms with van der Waals surface area (Å²) in [6.07, 6.45) is 15.7. The molecule has 0 bridgehead atoms. The van der Waals surface area contributed by atoms with Gasteiger partial charge >= 0.3 is 0 Å². The smallest absolute Gasteiger partial charge is 0.0157 e. The van der Waals surface area contributed by atoms with Crippen LogP contribution in [0.5, 0.6) is 0 Å². The predicted molar refractivity (Wildman–Crippen MR) is 114 cm³/mol. The van der Waals surface area contributed by atoms with E-state index < -0.39 is 0 Å². The molecule has 0 N–H and O–H groups in total. The lowest BCUT2D eigenvalue weighted by Crippen LogP contribution is -2.07. The van der Waals surface area contributed by atoms with Crippen LogP contribution in [0.4, 0.5) is 0 Å². The fourth-order valence-corrected chi connectivity index (χ4v) is 4.35. The van der Waals surface area contributed by atoms with Gasteiger partial charge in [0.25, 0.3) is 0 Å². The lowest BCUT2D eigenvalue weighted by atomic mass is 9.94. The average molecular weight is 330 g/mol. The lowest BCUT2D eigenvalue weighted by molar-refractivity contribution is 1.43. The third kappa shape index (κ3) is 2.09. The van der Waals surface area contributed by atoms with Crippen molar-refractivity contribution >= 4 is 56.6 Å². The van der Waals surface area contributed by atoms with Crippen molar-refractivity contribution in [3.05, 3.63) is 82.2 Å². The van der Waals surface area contributed by atoms with Crippen LogP contribution in [0.2, 0.25) is 0 Å². The minimum Gasteiger partial charge on any atom is -0.0801 e. The standard InChI is InChI=1S/C26H18/c1-2-6-18-10-22-14-26-16-24-12-20-8-4-3-7-19(20)11-23(24)15-25(26)13-21(22)9-17(18)5-1/h1,4-16H,2-3H2. The van der Waals surface area contributed by atoms with Crippen LogP contribution >= 0.6 is 0 Å². The van der Waals surface area contributed by atoms with Crippen molar-refractivity contribution in [2.24, 2.45) is 0 Å². The number of fused-ring (bicyclic) bond motifs is 5. The molecular weight excluding hydrogens is 312 g/mol. The van der Waals surface area contributed by atoms with Crippen LogP contribution in [-0.2, 0) is 0 Å². The summed E-state index contributed by atoms with van der Waals surface area (Å²) >= 11 is 0. The van der Waals surface area contributed by atoms with Crippen LogP contribution in [0.25, 0.3) is 56.6 Å². The third-order valence-corrected chi connectivity index (χ3v) is 5.70. The first-order chi connectivity index (χ1) is 12.8. The summed E-state index contributed by atoms with van der Waals surface area (Å²) in [6, 6.07) is 18.7. The minimum absolute atomic E-state index is 1.03. The van der Waals surface area contributed by atoms with Gasteiger partial charge in [0.05, 0.1) is 0 Å². The Balaban J connectivity index is 1.69. The first-order valence-corrected chi connectivity index (χ1v) is 9.32. The molecule has 4 aromatic rings. The molecule has 0 unspecified atom stereocenters.